The van der Waals surface area contributed by atoms with Gasteiger partial charge in [0.15, 0.2) is 6.29 Å². The molecule has 68 heavy (non-hydrogen) atoms. The van der Waals surface area contributed by atoms with E-state index in [0.29, 0.717) is 32.7 Å². The lowest BCUT2D eigenvalue weighted by molar-refractivity contribution is -0.168. The lowest BCUT2D eigenvalue weighted by Crippen LogP contribution is -2.43. The Labute approximate surface area is 411 Å². The number of unbranched alkanes of at least 4 members (excludes halogenated alkanes) is 11. The Hall–Kier alpha value is -3.49. The van der Waals surface area contributed by atoms with E-state index in [4.69, 9.17) is 37.9 Å². The molecular weight excluding hydrogens is 871 g/mol. The molecular formula is C54H95NO13. The first-order chi connectivity index (χ1) is 33.1. The largest absolute Gasteiger partial charge is 0.508 e. The van der Waals surface area contributed by atoms with E-state index in [1.165, 1.54) is 6.42 Å². The molecule has 0 bridgehead atoms. The van der Waals surface area contributed by atoms with Crippen LogP contribution >= 0.6 is 0 Å². The van der Waals surface area contributed by atoms with Crippen LogP contribution in [0.5, 0.6) is 0 Å². The van der Waals surface area contributed by atoms with Crippen LogP contribution in [0.2, 0.25) is 0 Å². The highest BCUT2D eigenvalue weighted by atomic mass is 16.7. The number of allylic oxidation sites excluding steroid dienone is 4. The summed E-state index contributed by atoms with van der Waals surface area (Å²) in [5, 5.41) is 0. The van der Waals surface area contributed by atoms with Gasteiger partial charge in [-0.25, -0.2) is 4.79 Å². The Morgan fingerprint density at radius 3 is 1.84 bits per heavy atom. The number of ether oxygens (including phenoxy) is 8. The highest BCUT2D eigenvalue weighted by Crippen LogP contribution is 2.24. The Kier molecular flexibility index (Phi) is 40.0. The molecule has 1 saturated heterocycles. The Morgan fingerprint density at radius 2 is 1.21 bits per heavy atom. The molecule has 0 aromatic heterocycles. The van der Waals surface area contributed by atoms with Gasteiger partial charge in [0.1, 0.15) is 31.8 Å². The molecule has 0 N–H and O–H groups in total. The average Bonchev–Trinajstić information content (AvgIpc) is 3.35. The van der Waals surface area contributed by atoms with Crippen LogP contribution in [0, 0.1) is 17.3 Å². The van der Waals surface area contributed by atoms with Gasteiger partial charge in [0.25, 0.3) is 6.47 Å². The van der Waals surface area contributed by atoms with Crippen LogP contribution in [-0.4, -0.2) is 114 Å². The average molecular weight is 966 g/mol. The second-order valence-electron chi connectivity index (χ2n) is 18.5. The first-order valence-electron chi connectivity index (χ1n) is 26.7. The predicted octanol–water partition coefficient (Wildman–Crippen LogP) is 11.8. The van der Waals surface area contributed by atoms with Crippen LogP contribution in [0.25, 0.3) is 0 Å². The summed E-state index contributed by atoms with van der Waals surface area (Å²) in [4.78, 5) is 66.0. The van der Waals surface area contributed by atoms with Crippen molar-refractivity contribution in [2.75, 3.05) is 72.5 Å². The quantitative estimate of drug-likeness (QED) is 0.0141. The van der Waals surface area contributed by atoms with Crippen LogP contribution in [0.1, 0.15) is 195 Å². The molecule has 14 nitrogen and oxygen atoms in total. The van der Waals surface area contributed by atoms with Gasteiger partial charge in [0, 0.05) is 38.5 Å². The normalized spacial score (nSPS) is 15.6. The number of hydrogen-bond acceptors (Lipinski definition) is 14. The third kappa shape index (κ3) is 33.9. The van der Waals surface area contributed by atoms with E-state index in [1.807, 2.05) is 0 Å². The van der Waals surface area contributed by atoms with Crippen LogP contribution in [-0.2, 0) is 57.1 Å². The van der Waals surface area contributed by atoms with Gasteiger partial charge >= 0.3 is 24.1 Å². The molecule has 0 amide bonds. The number of carbonyl (C=O) groups is 5. The standard InChI is InChI=1S/C54H95NO13/c1-6-11-15-18-21-26-37-62-51(63-38-27-22-19-16-12-7-2)35-34-50(58)67-44-54(42-61-46-56,45-68-53(60)65-41-47-30-29-36-55(10-5)40-47)43-66-49(57)33-25-20-23-28-39-64-52(59)48(31-14-9-4)32-24-17-13-8-3/h11-12,15-16,46-48,51H,6-10,13-14,17-45H2,1-5H3/b15-11-,16-12-. The van der Waals surface area contributed by atoms with Gasteiger partial charge < -0.3 is 42.8 Å². The molecule has 0 aromatic rings. The lowest BCUT2D eigenvalue weighted by Gasteiger charge is -2.32. The van der Waals surface area contributed by atoms with Gasteiger partial charge in [-0.3, -0.25) is 19.2 Å². The maximum absolute atomic E-state index is 13.3. The smallest absolute Gasteiger partial charge is 0.467 e. The summed E-state index contributed by atoms with van der Waals surface area (Å²) in [6, 6.07) is 0. The van der Waals surface area contributed by atoms with E-state index in [0.717, 1.165) is 142 Å². The zero-order valence-electron chi connectivity index (χ0n) is 43.3. The number of nitrogens with zero attached hydrogens (tertiary/aromatic N) is 1. The second-order valence-corrected chi connectivity index (χ2v) is 18.5. The van der Waals surface area contributed by atoms with Crippen molar-refractivity contribution in [2.45, 2.75) is 201 Å². The fraction of sp³-hybridized carbons (Fsp3) is 0.833. The summed E-state index contributed by atoms with van der Waals surface area (Å²) in [7, 11) is 0. The summed E-state index contributed by atoms with van der Waals surface area (Å²) >= 11 is 0. The molecule has 3 atom stereocenters. The number of esters is 3. The lowest BCUT2D eigenvalue weighted by atomic mass is 9.92. The van der Waals surface area contributed by atoms with Crippen LogP contribution in [0.3, 0.4) is 0 Å². The first kappa shape index (κ1) is 62.5. The minimum absolute atomic E-state index is 0.0235. The summed E-state index contributed by atoms with van der Waals surface area (Å²) in [5.41, 5.74) is -1.41. The van der Waals surface area contributed by atoms with Crippen molar-refractivity contribution < 1.29 is 61.9 Å². The molecule has 0 aromatic carbocycles. The number of hydrogen-bond donors (Lipinski definition) is 0. The van der Waals surface area contributed by atoms with E-state index in [2.05, 4.69) is 63.8 Å². The minimum Gasteiger partial charge on any atom is -0.467 e. The highest BCUT2D eigenvalue weighted by Gasteiger charge is 2.38. The van der Waals surface area contributed by atoms with E-state index in [9.17, 15) is 24.0 Å². The van der Waals surface area contributed by atoms with Crippen molar-refractivity contribution in [1.82, 2.24) is 4.90 Å². The van der Waals surface area contributed by atoms with Gasteiger partial charge in [-0.15, -0.1) is 0 Å². The fourth-order valence-corrected chi connectivity index (χ4v) is 7.93. The molecule has 1 heterocycles. The number of likely N-dealkylation sites (tertiary alicyclic amines) is 1. The van der Waals surface area contributed by atoms with Gasteiger partial charge in [-0.2, -0.15) is 0 Å². The zero-order chi connectivity index (χ0) is 49.8. The molecule has 1 aliphatic rings. The molecule has 0 radical (unpaired) electrons. The Bertz CT molecular complexity index is 1320. The maximum atomic E-state index is 13.3. The van der Waals surface area contributed by atoms with E-state index in [1.54, 1.807) is 0 Å². The Balaban J connectivity index is 2.87. The Morgan fingerprint density at radius 1 is 0.603 bits per heavy atom. The van der Waals surface area contributed by atoms with Gasteiger partial charge in [-0.1, -0.05) is 110 Å². The molecule has 3 unspecified atom stereocenters. The highest BCUT2D eigenvalue weighted by molar-refractivity contribution is 5.72. The summed E-state index contributed by atoms with van der Waals surface area (Å²) in [6.45, 7) is 13.7. The molecule has 0 aliphatic carbocycles. The van der Waals surface area contributed by atoms with Crippen molar-refractivity contribution >= 4 is 30.5 Å². The van der Waals surface area contributed by atoms with E-state index < -0.39 is 36.4 Å². The van der Waals surface area contributed by atoms with Crippen molar-refractivity contribution in [3.05, 3.63) is 24.3 Å². The molecule has 1 aliphatic heterocycles. The van der Waals surface area contributed by atoms with Gasteiger partial charge in [0.05, 0.1) is 25.6 Å². The molecule has 1 rings (SSSR count). The summed E-state index contributed by atoms with van der Waals surface area (Å²) < 4.78 is 45.5. The SMILES string of the molecule is CC/C=C\CCCCOC(CCC(=O)OCC(COC=O)(COC(=O)CCCCCCOC(=O)C(CCCC)CCCCCC)COC(=O)OCC1CCCN(CC)C1)OCCCC/C=C\CC. The molecule has 0 spiro atoms. The molecule has 14 heteroatoms. The number of rotatable bonds is 45. The second kappa shape index (κ2) is 43.5. The van der Waals surface area contributed by atoms with Crippen LogP contribution in [0.15, 0.2) is 24.3 Å². The van der Waals surface area contributed by atoms with E-state index >= 15 is 0 Å². The molecule has 0 saturated carbocycles. The van der Waals surface area contributed by atoms with E-state index in [-0.39, 0.29) is 70.0 Å². The summed E-state index contributed by atoms with van der Waals surface area (Å²) in [6.07, 6.45) is 28.2. The van der Waals surface area contributed by atoms with Crippen molar-refractivity contribution in [3.63, 3.8) is 0 Å². The monoisotopic (exact) mass is 966 g/mol. The van der Waals surface area contributed by atoms with Crippen LogP contribution < -0.4 is 0 Å². The minimum atomic E-state index is -1.41. The van der Waals surface area contributed by atoms with Gasteiger partial charge in [-0.05, 0) is 103 Å². The maximum Gasteiger partial charge on any atom is 0.508 e. The molecule has 1 fully saturated rings. The van der Waals surface area contributed by atoms with Crippen molar-refractivity contribution in [3.8, 4) is 0 Å². The summed E-state index contributed by atoms with van der Waals surface area (Å²) in [5.74, 6) is -1.03. The fourth-order valence-electron chi connectivity index (χ4n) is 7.93. The topological polar surface area (TPSA) is 162 Å². The van der Waals surface area contributed by atoms with Crippen molar-refractivity contribution in [2.24, 2.45) is 17.3 Å². The number of carbonyl (C=O) groups excluding carboxylic acids is 5. The van der Waals surface area contributed by atoms with Gasteiger partial charge in [0.2, 0.25) is 0 Å². The molecule has 394 valence electrons. The number of piperidine rings is 1. The first-order valence-corrected chi connectivity index (χ1v) is 26.7. The zero-order valence-corrected chi connectivity index (χ0v) is 43.3. The predicted molar refractivity (Wildman–Crippen MR) is 266 cm³/mol. The third-order valence-corrected chi connectivity index (χ3v) is 12.2. The van der Waals surface area contributed by atoms with Crippen molar-refractivity contribution in [1.29, 1.82) is 0 Å². The third-order valence-electron chi connectivity index (χ3n) is 12.2. The van der Waals surface area contributed by atoms with Crippen LogP contribution in [0.4, 0.5) is 4.79 Å².